The standard InChI is InChI=1S/C12H17NO/c1-9-7-14-8-11(9)12(10-3-4-10)5-2-6-13-12/h7-8,10,13H,2-6H2,1H3. The van der Waals surface area contributed by atoms with Gasteiger partial charge in [0, 0.05) is 11.1 Å². The van der Waals surface area contributed by atoms with Gasteiger partial charge in [0.2, 0.25) is 0 Å². The van der Waals surface area contributed by atoms with Gasteiger partial charge in [0.05, 0.1) is 12.5 Å². The van der Waals surface area contributed by atoms with E-state index < -0.39 is 0 Å². The zero-order valence-electron chi connectivity index (χ0n) is 8.68. The first-order valence-corrected chi connectivity index (χ1v) is 5.61. The first kappa shape index (κ1) is 8.54. The highest BCUT2D eigenvalue weighted by Gasteiger charge is 2.49. The second-order valence-electron chi connectivity index (χ2n) is 4.74. The molecule has 0 radical (unpaired) electrons. The van der Waals surface area contributed by atoms with Gasteiger partial charge in [-0.3, -0.25) is 0 Å². The molecular weight excluding hydrogens is 174 g/mol. The Morgan fingerprint density at radius 2 is 2.29 bits per heavy atom. The molecule has 2 aliphatic rings. The molecule has 76 valence electrons. The molecule has 14 heavy (non-hydrogen) atoms. The Bertz CT molecular complexity index is 332. The van der Waals surface area contributed by atoms with Gasteiger partial charge in [-0.15, -0.1) is 0 Å². The van der Waals surface area contributed by atoms with Crippen LogP contribution in [-0.4, -0.2) is 6.54 Å². The summed E-state index contributed by atoms with van der Waals surface area (Å²) in [4.78, 5) is 0. The van der Waals surface area contributed by atoms with Crippen molar-refractivity contribution >= 4 is 0 Å². The number of hydrogen-bond donors (Lipinski definition) is 1. The Labute approximate surface area is 84.7 Å². The monoisotopic (exact) mass is 191 g/mol. The molecule has 2 fully saturated rings. The van der Waals surface area contributed by atoms with Crippen LogP contribution >= 0.6 is 0 Å². The first-order chi connectivity index (χ1) is 6.83. The number of hydrogen-bond acceptors (Lipinski definition) is 2. The quantitative estimate of drug-likeness (QED) is 0.777. The van der Waals surface area contributed by atoms with Crippen molar-refractivity contribution in [2.75, 3.05) is 6.54 Å². The van der Waals surface area contributed by atoms with E-state index in [1.165, 1.54) is 43.4 Å². The fraction of sp³-hybridized carbons (Fsp3) is 0.667. The predicted molar refractivity (Wildman–Crippen MR) is 55.1 cm³/mol. The van der Waals surface area contributed by atoms with Crippen LogP contribution in [0.3, 0.4) is 0 Å². The third kappa shape index (κ3) is 1.07. The van der Waals surface area contributed by atoms with Crippen molar-refractivity contribution in [2.24, 2.45) is 5.92 Å². The minimum Gasteiger partial charge on any atom is -0.472 e. The van der Waals surface area contributed by atoms with Gasteiger partial charge in [-0.05, 0) is 50.6 Å². The molecule has 3 rings (SSSR count). The molecule has 1 N–H and O–H groups in total. The smallest absolute Gasteiger partial charge is 0.0956 e. The molecule has 1 aromatic rings. The van der Waals surface area contributed by atoms with Gasteiger partial charge < -0.3 is 9.73 Å². The van der Waals surface area contributed by atoms with E-state index in [0.717, 1.165) is 5.92 Å². The lowest BCUT2D eigenvalue weighted by atomic mass is 9.83. The van der Waals surface area contributed by atoms with E-state index in [1.54, 1.807) is 0 Å². The molecule has 2 heterocycles. The minimum atomic E-state index is 0.275. The van der Waals surface area contributed by atoms with E-state index >= 15 is 0 Å². The number of nitrogens with one attached hydrogen (secondary N) is 1. The number of furan rings is 1. The van der Waals surface area contributed by atoms with Crippen LogP contribution in [0.2, 0.25) is 0 Å². The number of aryl methyl sites for hydroxylation is 1. The normalized spacial score (nSPS) is 32.4. The van der Waals surface area contributed by atoms with Crippen LogP contribution in [0.5, 0.6) is 0 Å². The lowest BCUT2D eigenvalue weighted by Gasteiger charge is -2.29. The van der Waals surface area contributed by atoms with Gasteiger partial charge in [0.25, 0.3) is 0 Å². The summed E-state index contributed by atoms with van der Waals surface area (Å²) in [6, 6.07) is 0. The van der Waals surface area contributed by atoms with Crippen molar-refractivity contribution in [2.45, 2.75) is 38.1 Å². The molecule has 0 bridgehead atoms. The molecule has 1 aliphatic carbocycles. The van der Waals surface area contributed by atoms with Crippen LogP contribution in [0.25, 0.3) is 0 Å². The molecule has 1 atom stereocenters. The van der Waals surface area contributed by atoms with E-state index in [9.17, 15) is 0 Å². The van der Waals surface area contributed by atoms with Crippen LogP contribution in [0.15, 0.2) is 16.9 Å². The number of rotatable bonds is 2. The van der Waals surface area contributed by atoms with Gasteiger partial charge in [-0.1, -0.05) is 0 Å². The third-order valence-electron chi connectivity index (χ3n) is 3.80. The summed E-state index contributed by atoms with van der Waals surface area (Å²) >= 11 is 0. The zero-order chi connectivity index (χ0) is 9.60. The molecule has 0 aromatic carbocycles. The topological polar surface area (TPSA) is 25.2 Å². The Morgan fingerprint density at radius 1 is 1.43 bits per heavy atom. The molecule has 1 unspecified atom stereocenters. The average molecular weight is 191 g/mol. The third-order valence-corrected chi connectivity index (χ3v) is 3.80. The van der Waals surface area contributed by atoms with Gasteiger partial charge in [-0.25, -0.2) is 0 Å². The summed E-state index contributed by atoms with van der Waals surface area (Å²) in [5.41, 5.74) is 3.00. The largest absolute Gasteiger partial charge is 0.472 e. The lowest BCUT2D eigenvalue weighted by molar-refractivity contribution is 0.331. The first-order valence-electron chi connectivity index (χ1n) is 5.61. The fourth-order valence-electron chi connectivity index (χ4n) is 2.96. The van der Waals surface area contributed by atoms with Crippen molar-refractivity contribution in [3.8, 4) is 0 Å². The second kappa shape index (κ2) is 2.86. The molecule has 1 saturated carbocycles. The molecule has 2 nitrogen and oxygen atoms in total. The van der Waals surface area contributed by atoms with Gasteiger partial charge in [0.15, 0.2) is 0 Å². The van der Waals surface area contributed by atoms with E-state index in [1.807, 2.05) is 12.5 Å². The Balaban J connectivity index is 2.03. The summed E-state index contributed by atoms with van der Waals surface area (Å²) in [7, 11) is 0. The van der Waals surface area contributed by atoms with Crippen LogP contribution in [-0.2, 0) is 5.54 Å². The van der Waals surface area contributed by atoms with Crippen molar-refractivity contribution in [1.29, 1.82) is 0 Å². The predicted octanol–water partition coefficient (Wildman–Crippen LogP) is 2.58. The van der Waals surface area contributed by atoms with E-state index in [4.69, 9.17) is 4.42 Å². The SMILES string of the molecule is Cc1cocc1C1(C2CC2)CCCN1. The summed E-state index contributed by atoms with van der Waals surface area (Å²) in [5, 5.41) is 3.72. The van der Waals surface area contributed by atoms with Crippen molar-refractivity contribution < 1.29 is 4.42 Å². The molecule has 1 aliphatic heterocycles. The Hall–Kier alpha value is -0.760. The molecular formula is C12H17NO. The van der Waals surface area contributed by atoms with Gasteiger partial charge >= 0.3 is 0 Å². The zero-order valence-corrected chi connectivity index (χ0v) is 8.68. The average Bonchev–Trinajstić information content (AvgIpc) is 2.77. The van der Waals surface area contributed by atoms with Gasteiger partial charge in [-0.2, -0.15) is 0 Å². The van der Waals surface area contributed by atoms with Crippen LogP contribution in [0.4, 0.5) is 0 Å². The summed E-state index contributed by atoms with van der Waals surface area (Å²) < 4.78 is 5.32. The molecule has 1 saturated heterocycles. The summed E-state index contributed by atoms with van der Waals surface area (Å²) in [5.74, 6) is 0.862. The van der Waals surface area contributed by atoms with Crippen LogP contribution in [0.1, 0.15) is 36.8 Å². The maximum absolute atomic E-state index is 5.32. The minimum absolute atomic E-state index is 0.275. The van der Waals surface area contributed by atoms with Crippen molar-refractivity contribution in [3.05, 3.63) is 23.7 Å². The highest BCUT2D eigenvalue weighted by atomic mass is 16.3. The van der Waals surface area contributed by atoms with Crippen LogP contribution < -0.4 is 5.32 Å². The Kier molecular flexibility index (Phi) is 1.75. The van der Waals surface area contributed by atoms with Crippen LogP contribution in [0, 0.1) is 12.8 Å². The van der Waals surface area contributed by atoms with E-state index in [0.29, 0.717) is 0 Å². The maximum Gasteiger partial charge on any atom is 0.0956 e. The highest BCUT2D eigenvalue weighted by molar-refractivity contribution is 5.32. The Morgan fingerprint density at radius 3 is 2.79 bits per heavy atom. The summed E-state index contributed by atoms with van der Waals surface area (Å²) in [6.45, 7) is 3.32. The van der Waals surface area contributed by atoms with Crippen molar-refractivity contribution in [3.63, 3.8) is 0 Å². The second-order valence-corrected chi connectivity index (χ2v) is 4.74. The lowest BCUT2D eigenvalue weighted by Crippen LogP contribution is -2.39. The summed E-state index contributed by atoms with van der Waals surface area (Å²) in [6.07, 6.45) is 9.19. The fourth-order valence-corrected chi connectivity index (χ4v) is 2.96. The van der Waals surface area contributed by atoms with Gasteiger partial charge in [0.1, 0.15) is 0 Å². The highest BCUT2D eigenvalue weighted by Crippen LogP contribution is 2.51. The van der Waals surface area contributed by atoms with E-state index in [-0.39, 0.29) is 5.54 Å². The molecule has 0 spiro atoms. The van der Waals surface area contributed by atoms with Crippen molar-refractivity contribution in [1.82, 2.24) is 5.32 Å². The maximum atomic E-state index is 5.32. The molecule has 2 heteroatoms. The molecule has 1 aromatic heterocycles. The van der Waals surface area contributed by atoms with E-state index in [2.05, 4.69) is 12.2 Å². The molecule has 0 amide bonds.